The Morgan fingerprint density at radius 2 is 2.21 bits per heavy atom. The number of aromatic nitrogens is 3. The zero-order chi connectivity index (χ0) is 19.5. The Labute approximate surface area is 162 Å². The van der Waals surface area contributed by atoms with E-state index in [1.54, 1.807) is 18.5 Å². The van der Waals surface area contributed by atoms with E-state index in [1.165, 1.54) is 18.5 Å². The molecule has 0 unspecified atom stereocenters. The highest BCUT2D eigenvalue weighted by Gasteiger charge is 2.29. The van der Waals surface area contributed by atoms with Crippen molar-refractivity contribution in [2.24, 2.45) is 0 Å². The van der Waals surface area contributed by atoms with E-state index in [1.807, 2.05) is 17.9 Å². The van der Waals surface area contributed by atoms with Gasteiger partial charge in [0.2, 0.25) is 0 Å². The van der Waals surface area contributed by atoms with Gasteiger partial charge < -0.3 is 9.32 Å². The zero-order valence-corrected chi connectivity index (χ0v) is 15.6. The molecule has 0 aliphatic carbocycles. The van der Waals surface area contributed by atoms with Crippen molar-refractivity contribution in [1.29, 1.82) is 0 Å². The van der Waals surface area contributed by atoms with Crippen molar-refractivity contribution in [2.45, 2.75) is 32.1 Å². The third-order valence-corrected chi connectivity index (χ3v) is 5.04. The summed E-state index contributed by atoms with van der Waals surface area (Å²) in [7, 11) is 0. The lowest BCUT2D eigenvalue weighted by atomic mass is 9.97. The number of oxazole rings is 1. The van der Waals surface area contributed by atoms with Crippen LogP contribution in [0.2, 0.25) is 0 Å². The zero-order valence-electron chi connectivity index (χ0n) is 15.6. The lowest BCUT2D eigenvalue weighted by Gasteiger charge is -2.31. The quantitative estimate of drug-likeness (QED) is 0.692. The number of carbonyl (C=O) groups is 1. The van der Waals surface area contributed by atoms with Crippen LogP contribution in [0.5, 0.6) is 0 Å². The van der Waals surface area contributed by atoms with Crippen molar-refractivity contribution in [3.8, 4) is 0 Å². The molecule has 144 valence electrons. The van der Waals surface area contributed by atoms with E-state index in [4.69, 9.17) is 4.42 Å². The Balaban J connectivity index is 1.46. The van der Waals surface area contributed by atoms with E-state index >= 15 is 0 Å². The van der Waals surface area contributed by atoms with E-state index in [0.29, 0.717) is 42.4 Å². The first-order valence-electron chi connectivity index (χ1n) is 9.35. The molecule has 1 saturated heterocycles. The summed E-state index contributed by atoms with van der Waals surface area (Å²) in [5, 5.41) is 0. The van der Waals surface area contributed by atoms with Gasteiger partial charge in [0.1, 0.15) is 17.9 Å². The molecule has 0 N–H and O–H groups in total. The Morgan fingerprint density at radius 1 is 1.32 bits per heavy atom. The molecule has 3 aromatic rings. The topological polar surface area (TPSA) is 72.1 Å². The molecule has 3 heterocycles. The Morgan fingerprint density at radius 3 is 3.04 bits per heavy atom. The molecule has 1 atom stereocenters. The summed E-state index contributed by atoms with van der Waals surface area (Å²) in [5.74, 6) is 1.04. The van der Waals surface area contributed by atoms with Gasteiger partial charge in [0.25, 0.3) is 5.91 Å². The first-order chi connectivity index (χ1) is 13.6. The second kappa shape index (κ2) is 7.88. The minimum Gasteiger partial charge on any atom is -0.445 e. The molecular formula is C21H21FN4O2. The molecule has 0 saturated carbocycles. The summed E-state index contributed by atoms with van der Waals surface area (Å²) in [6.45, 7) is 3.05. The highest BCUT2D eigenvalue weighted by Crippen LogP contribution is 2.28. The predicted molar refractivity (Wildman–Crippen MR) is 100 cm³/mol. The normalized spacial score (nSPS) is 16.9. The maximum Gasteiger partial charge on any atom is 0.257 e. The standard InChI is InChI=1S/C21H21FN4O2/c1-14-19(11-23-13-25-14)21(27)26-7-3-5-16(12-26)20-24-10-18(28-20)9-15-4-2-6-17(22)8-15/h2,4,6,8,10-11,13,16H,3,5,7,9,12H2,1H3/t16-/m1/s1. The number of halogens is 1. The number of hydrogen-bond acceptors (Lipinski definition) is 5. The molecule has 0 radical (unpaired) electrons. The molecule has 2 aromatic heterocycles. The van der Waals surface area contributed by atoms with Crippen LogP contribution in [0.25, 0.3) is 0 Å². The minimum absolute atomic E-state index is 0.0453. The van der Waals surface area contributed by atoms with E-state index in [9.17, 15) is 9.18 Å². The van der Waals surface area contributed by atoms with Gasteiger partial charge in [0.05, 0.1) is 23.4 Å². The van der Waals surface area contributed by atoms with Crippen molar-refractivity contribution in [3.63, 3.8) is 0 Å². The molecule has 28 heavy (non-hydrogen) atoms. The maximum atomic E-state index is 13.4. The summed E-state index contributed by atoms with van der Waals surface area (Å²) >= 11 is 0. The lowest BCUT2D eigenvalue weighted by Crippen LogP contribution is -2.39. The highest BCUT2D eigenvalue weighted by atomic mass is 19.1. The van der Waals surface area contributed by atoms with Gasteiger partial charge in [0.15, 0.2) is 5.89 Å². The van der Waals surface area contributed by atoms with E-state index in [0.717, 1.165) is 18.4 Å². The lowest BCUT2D eigenvalue weighted by molar-refractivity contribution is 0.0696. The fraction of sp³-hybridized carbons (Fsp3) is 0.333. The highest BCUT2D eigenvalue weighted by molar-refractivity contribution is 5.95. The van der Waals surface area contributed by atoms with Crippen LogP contribution in [-0.2, 0) is 6.42 Å². The largest absolute Gasteiger partial charge is 0.445 e. The van der Waals surface area contributed by atoms with Crippen LogP contribution >= 0.6 is 0 Å². The Kier molecular flexibility index (Phi) is 5.14. The number of benzene rings is 1. The molecule has 1 aromatic carbocycles. The Hall–Kier alpha value is -3.09. The van der Waals surface area contributed by atoms with Crippen LogP contribution in [0.1, 0.15) is 52.0 Å². The van der Waals surface area contributed by atoms with Crippen LogP contribution in [0.3, 0.4) is 0 Å². The van der Waals surface area contributed by atoms with Crippen molar-refractivity contribution < 1.29 is 13.6 Å². The second-order valence-electron chi connectivity index (χ2n) is 7.08. The molecule has 7 heteroatoms. The number of piperidine rings is 1. The summed E-state index contributed by atoms with van der Waals surface area (Å²) in [4.78, 5) is 27.1. The number of hydrogen-bond donors (Lipinski definition) is 0. The van der Waals surface area contributed by atoms with Crippen LogP contribution < -0.4 is 0 Å². The van der Waals surface area contributed by atoms with Gasteiger partial charge >= 0.3 is 0 Å². The monoisotopic (exact) mass is 380 g/mol. The van der Waals surface area contributed by atoms with Crippen molar-refractivity contribution in [1.82, 2.24) is 19.9 Å². The van der Waals surface area contributed by atoms with Crippen LogP contribution in [0.4, 0.5) is 4.39 Å². The van der Waals surface area contributed by atoms with Crippen LogP contribution in [-0.4, -0.2) is 38.8 Å². The third-order valence-electron chi connectivity index (χ3n) is 5.04. The SMILES string of the molecule is Cc1ncncc1C(=O)N1CCC[C@@H](c2ncc(Cc3cccc(F)c3)o2)C1. The van der Waals surface area contributed by atoms with Gasteiger partial charge in [-0.05, 0) is 37.5 Å². The number of amides is 1. The minimum atomic E-state index is -0.265. The smallest absolute Gasteiger partial charge is 0.257 e. The summed E-state index contributed by atoms with van der Waals surface area (Å²) in [6, 6.07) is 6.45. The van der Waals surface area contributed by atoms with E-state index < -0.39 is 0 Å². The van der Waals surface area contributed by atoms with Crippen molar-refractivity contribution >= 4 is 5.91 Å². The van der Waals surface area contributed by atoms with Gasteiger partial charge in [-0.1, -0.05) is 12.1 Å². The Bertz CT molecular complexity index is 988. The second-order valence-corrected chi connectivity index (χ2v) is 7.08. The molecule has 0 spiro atoms. The molecule has 1 aliphatic heterocycles. The third kappa shape index (κ3) is 3.93. The maximum absolute atomic E-state index is 13.4. The molecule has 6 nitrogen and oxygen atoms in total. The van der Waals surface area contributed by atoms with Gasteiger partial charge in [-0.15, -0.1) is 0 Å². The van der Waals surface area contributed by atoms with Crippen LogP contribution in [0.15, 0.2) is 47.4 Å². The number of rotatable bonds is 4. The molecule has 1 aliphatic rings. The number of carbonyl (C=O) groups excluding carboxylic acids is 1. The molecular weight excluding hydrogens is 359 g/mol. The van der Waals surface area contributed by atoms with Crippen LogP contribution in [0, 0.1) is 12.7 Å². The average Bonchev–Trinajstić information content (AvgIpc) is 3.16. The molecule has 4 rings (SSSR count). The van der Waals surface area contributed by atoms with Gasteiger partial charge in [0, 0.05) is 25.7 Å². The molecule has 0 bridgehead atoms. The van der Waals surface area contributed by atoms with Gasteiger partial charge in [-0.25, -0.2) is 19.3 Å². The summed E-state index contributed by atoms with van der Waals surface area (Å²) in [6.07, 6.45) is 6.98. The van der Waals surface area contributed by atoms with E-state index in [-0.39, 0.29) is 17.6 Å². The number of aryl methyl sites for hydroxylation is 1. The fourth-order valence-electron chi connectivity index (χ4n) is 3.58. The molecule has 1 fully saturated rings. The van der Waals surface area contributed by atoms with E-state index in [2.05, 4.69) is 15.0 Å². The fourth-order valence-corrected chi connectivity index (χ4v) is 3.58. The predicted octanol–water partition coefficient (Wildman–Crippen LogP) is 3.52. The van der Waals surface area contributed by atoms with Gasteiger partial charge in [-0.3, -0.25) is 4.79 Å². The summed E-state index contributed by atoms with van der Waals surface area (Å²) in [5.41, 5.74) is 2.04. The first kappa shape index (κ1) is 18.3. The van der Waals surface area contributed by atoms with Gasteiger partial charge in [-0.2, -0.15) is 0 Å². The summed E-state index contributed by atoms with van der Waals surface area (Å²) < 4.78 is 19.3. The number of nitrogens with zero attached hydrogens (tertiary/aromatic N) is 4. The average molecular weight is 380 g/mol. The first-order valence-corrected chi connectivity index (χ1v) is 9.35. The molecule has 1 amide bonds. The number of likely N-dealkylation sites (tertiary alicyclic amines) is 1. The van der Waals surface area contributed by atoms with Crippen molar-refractivity contribution in [3.05, 3.63) is 77.3 Å². The van der Waals surface area contributed by atoms with Crippen molar-refractivity contribution in [2.75, 3.05) is 13.1 Å².